The summed E-state index contributed by atoms with van der Waals surface area (Å²) in [5, 5.41) is 2.64. The van der Waals surface area contributed by atoms with Gasteiger partial charge in [0, 0.05) is 30.4 Å². The van der Waals surface area contributed by atoms with Gasteiger partial charge in [0.05, 0.1) is 13.0 Å². The number of rotatable bonds is 6. The Hall–Kier alpha value is -3.35. The van der Waals surface area contributed by atoms with Gasteiger partial charge in [-0.25, -0.2) is 0 Å². The first-order chi connectivity index (χ1) is 13.1. The zero-order valence-corrected chi connectivity index (χ0v) is 14.9. The Morgan fingerprint density at radius 2 is 1.93 bits per heavy atom. The number of para-hydroxylation sites is 1. The molecule has 1 saturated heterocycles. The molecule has 0 bridgehead atoms. The van der Waals surface area contributed by atoms with Crippen LogP contribution in [0.4, 0.5) is 11.4 Å². The van der Waals surface area contributed by atoms with E-state index in [1.54, 1.807) is 55.6 Å². The predicted octanol–water partition coefficient (Wildman–Crippen LogP) is 2.23. The molecule has 1 heterocycles. The zero-order chi connectivity index (χ0) is 19.2. The highest BCUT2D eigenvalue weighted by atomic mass is 16.5. The third kappa shape index (κ3) is 4.63. The molecule has 0 aromatic heterocycles. The number of amides is 2. The van der Waals surface area contributed by atoms with E-state index in [9.17, 15) is 14.4 Å². The number of benzene rings is 2. The molecule has 7 heteroatoms. The number of hydrogen-bond donors (Lipinski definition) is 1. The molecule has 0 radical (unpaired) electrons. The van der Waals surface area contributed by atoms with Crippen molar-refractivity contribution in [3.63, 3.8) is 0 Å². The number of methoxy groups -OCH3 is 1. The molecule has 1 aliphatic rings. The summed E-state index contributed by atoms with van der Waals surface area (Å²) in [6.45, 7) is -0.178. The summed E-state index contributed by atoms with van der Waals surface area (Å²) in [7, 11) is 1.55. The summed E-state index contributed by atoms with van der Waals surface area (Å²) in [6, 6.07) is 16.0. The van der Waals surface area contributed by atoms with Crippen LogP contribution in [0.2, 0.25) is 0 Å². The highest BCUT2D eigenvalue weighted by molar-refractivity contribution is 6.00. The quantitative estimate of drug-likeness (QED) is 0.791. The van der Waals surface area contributed by atoms with Gasteiger partial charge in [0.15, 0.2) is 6.61 Å². The number of nitrogens with one attached hydrogen (secondary N) is 1. The highest BCUT2D eigenvalue weighted by Crippen LogP contribution is 2.28. The van der Waals surface area contributed by atoms with Gasteiger partial charge in [0.1, 0.15) is 5.75 Å². The Morgan fingerprint density at radius 3 is 2.67 bits per heavy atom. The minimum atomic E-state index is -0.603. The fourth-order valence-electron chi connectivity index (χ4n) is 2.87. The number of carbonyl (C=O) groups excluding carboxylic acids is 3. The van der Waals surface area contributed by atoms with E-state index in [0.29, 0.717) is 17.1 Å². The molecular formula is C20H20N2O5. The Morgan fingerprint density at radius 1 is 1.15 bits per heavy atom. The van der Waals surface area contributed by atoms with Crippen molar-refractivity contribution in [2.45, 2.75) is 6.42 Å². The average Bonchev–Trinajstić information content (AvgIpc) is 3.09. The molecule has 2 aromatic carbocycles. The minimum absolute atomic E-state index is 0.0519. The van der Waals surface area contributed by atoms with Crippen LogP contribution in [0.1, 0.15) is 6.42 Å². The third-order valence-electron chi connectivity index (χ3n) is 4.23. The lowest BCUT2D eigenvalue weighted by Gasteiger charge is -2.17. The average molecular weight is 368 g/mol. The van der Waals surface area contributed by atoms with Gasteiger partial charge >= 0.3 is 5.97 Å². The third-order valence-corrected chi connectivity index (χ3v) is 4.23. The molecule has 1 atom stereocenters. The van der Waals surface area contributed by atoms with E-state index >= 15 is 0 Å². The Bertz CT molecular complexity index is 837. The van der Waals surface area contributed by atoms with Gasteiger partial charge in [-0.05, 0) is 24.3 Å². The molecule has 1 N–H and O–H groups in total. The van der Waals surface area contributed by atoms with Crippen LogP contribution in [0.5, 0.6) is 5.75 Å². The fourth-order valence-corrected chi connectivity index (χ4v) is 2.87. The molecule has 1 fully saturated rings. The zero-order valence-electron chi connectivity index (χ0n) is 14.9. The Kier molecular flexibility index (Phi) is 5.71. The van der Waals surface area contributed by atoms with E-state index in [1.807, 2.05) is 6.07 Å². The summed E-state index contributed by atoms with van der Waals surface area (Å²) >= 11 is 0. The van der Waals surface area contributed by atoms with Gasteiger partial charge in [0.2, 0.25) is 5.91 Å². The van der Waals surface area contributed by atoms with Crippen molar-refractivity contribution in [3.8, 4) is 5.75 Å². The molecule has 2 aromatic rings. The van der Waals surface area contributed by atoms with E-state index in [4.69, 9.17) is 9.47 Å². The Labute approximate surface area is 156 Å². The topological polar surface area (TPSA) is 84.9 Å². The molecule has 2 amide bonds. The lowest BCUT2D eigenvalue weighted by molar-refractivity contribution is -0.151. The second-order valence-corrected chi connectivity index (χ2v) is 6.13. The van der Waals surface area contributed by atoms with Crippen molar-refractivity contribution < 1.29 is 23.9 Å². The van der Waals surface area contributed by atoms with Gasteiger partial charge in [-0.2, -0.15) is 0 Å². The largest absolute Gasteiger partial charge is 0.497 e. The molecule has 3 rings (SSSR count). The van der Waals surface area contributed by atoms with E-state index < -0.39 is 24.4 Å². The molecular weight excluding hydrogens is 348 g/mol. The maximum absolute atomic E-state index is 12.3. The molecule has 0 aliphatic carbocycles. The standard InChI is InChI=1S/C20H20N2O5/c1-26-17-9-5-8-16(11-17)22-12-14(10-19(22)24)20(25)27-13-18(23)21-15-6-3-2-4-7-15/h2-9,11,14H,10,12-13H2,1H3,(H,21,23)/t14-/m1/s1. The van der Waals surface area contributed by atoms with E-state index in [0.717, 1.165) is 0 Å². The van der Waals surface area contributed by atoms with Gasteiger partial charge in [-0.3, -0.25) is 14.4 Å². The van der Waals surface area contributed by atoms with E-state index in [2.05, 4.69) is 5.32 Å². The monoisotopic (exact) mass is 368 g/mol. The summed E-state index contributed by atoms with van der Waals surface area (Å²) < 4.78 is 10.2. The first kappa shape index (κ1) is 18.4. The van der Waals surface area contributed by atoms with Gasteiger partial charge in [-0.15, -0.1) is 0 Å². The first-order valence-electron chi connectivity index (χ1n) is 8.53. The Balaban J connectivity index is 1.53. The van der Waals surface area contributed by atoms with Crippen LogP contribution in [-0.2, 0) is 19.1 Å². The lowest BCUT2D eigenvalue weighted by Crippen LogP contribution is -2.28. The number of hydrogen-bond acceptors (Lipinski definition) is 5. The molecule has 7 nitrogen and oxygen atoms in total. The van der Waals surface area contributed by atoms with Gasteiger partial charge in [0.25, 0.3) is 5.91 Å². The molecule has 27 heavy (non-hydrogen) atoms. The second-order valence-electron chi connectivity index (χ2n) is 6.13. The van der Waals surface area contributed by atoms with Crippen LogP contribution in [-0.4, -0.2) is 38.0 Å². The predicted molar refractivity (Wildman–Crippen MR) is 99.5 cm³/mol. The van der Waals surface area contributed by atoms with Crippen molar-refractivity contribution in [2.75, 3.05) is 30.5 Å². The van der Waals surface area contributed by atoms with Gasteiger partial charge < -0.3 is 19.7 Å². The molecule has 0 saturated carbocycles. The minimum Gasteiger partial charge on any atom is -0.497 e. The number of ether oxygens (including phenoxy) is 2. The summed E-state index contributed by atoms with van der Waals surface area (Å²) in [5.74, 6) is -1.13. The lowest BCUT2D eigenvalue weighted by atomic mass is 10.1. The van der Waals surface area contributed by atoms with Gasteiger partial charge in [-0.1, -0.05) is 24.3 Å². The number of anilines is 2. The maximum atomic E-state index is 12.3. The maximum Gasteiger partial charge on any atom is 0.311 e. The van der Waals surface area contributed by atoms with Crippen LogP contribution in [0.15, 0.2) is 54.6 Å². The van der Waals surface area contributed by atoms with Crippen LogP contribution in [0.3, 0.4) is 0 Å². The van der Waals surface area contributed by atoms with Crippen molar-refractivity contribution >= 4 is 29.2 Å². The highest BCUT2D eigenvalue weighted by Gasteiger charge is 2.36. The van der Waals surface area contributed by atoms with Crippen LogP contribution < -0.4 is 15.0 Å². The second kappa shape index (κ2) is 8.35. The number of carbonyl (C=O) groups is 3. The summed E-state index contributed by atoms with van der Waals surface area (Å²) in [5.41, 5.74) is 1.29. The smallest absolute Gasteiger partial charge is 0.311 e. The van der Waals surface area contributed by atoms with E-state index in [1.165, 1.54) is 4.90 Å². The van der Waals surface area contributed by atoms with Crippen molar-refractivity contribution in [1.29, 1.82) is 0 Å². The molecule has 1 aliphatic heterocycles. The fraction of sp³-hybridized carbons (Fsp3) is 0.250. The normalized spacial score (nSPS) is 16.1. The van der Waals surface area contributed by atoms with Crippen molar-refractivity contribution in [3.05, 3.63) is 54.6 Å². The first-order valence-corrected chi connectivity index (χ1v) is 8.53. The molecule has 0 unspecified atom stereocenters. The summed E-state index contributed by atoms with van der Waals surface area (Å²) in [6.07, 6.45) is 0.0519. The molecule has 0 spiro atoms. The number of nitrogens with zero attached hydrogens (tertiary/aromatic N) is 1. The van der Waals surface area contributed by atoms with E-state index in [-0.39, 0.29) is 18.9 Å². The molecule has 140 valence electrons. The van der Waals surface area contributed by atoms with Crippen LogP contribution >= 0.6 is 0 Å². The van der Waals surface area contributed by atoms with Crippen molar-refractivity contribution in [1.82, 2.24) is 0 Å². The van der Waals surface area contributed by atoms with Crippen molar-refractivity contribution in [2.24, 2.45) is 5.92 Å². The van der Waals surface area contributed by atoms with Crippen LogP contribution in [0.25, 0.3) is 0 Å². The SMILES string of the molecule is COc1cccc(N2C[C@H](C(=O)OCC(=O)Nc3ccccc3)CC2=O)c1. The number of esters is 1. The summed E-state index contributed by atoms with van der Waals surface area (Å²) in [4.78, 5) is 37.9. The van der Waals surface area contributed by atoms with Crippen LogP contribution in [0, 0.1) is 5.92 Å².